The number of fused-ring (bicyclic) bond motifs is 1. The van der Waals surface area contributed by atoms with E-state index in [0.717, 1.165) is 11.3 Å². The molecule has 1 N–H and O–H groups in total. The second-order valence-corrected chi connectivity index (χ2v) is 8.57. The number of ketones is 1. The number of halogens is 5. The van der Waals surface area contributed by atoms with Gasteiger partial charge >= 0.3 is 6.18 Å². The summed E-state index contributed by atoms with van der Waals surface area (Å²) >= 11 is 0.885. The maximum absolute atomic E-state index is 13.9. The molecular formula is C22H15F5N4O3S. The molecule has 3 heterocycles. The zero-order chi connectivity index (χ0) is 25.7. The average Bonchev–Trinajstić information content (AvgIpc) is 3.23. The molecule has 2 aromatic heterocycles. The second-order valence-electron chi connectivity index (χ2n) is 7.71. The Kier molecular flexibility index (Phi) is 6.13. The van der Waals surface area contributed by atoms with Crippen LogP contribution < -0.4 is 10.2 Å². The fourth-order valence-corrected chi connectivity index (χ4v) is 4.42. The molecule has 13 heteroatoms. The van der Waals surface area contributed by atoms with Crippen molar-refractivity contribution < 1.29 is 36.3 Å². The summed E-state index contributed by atoms with van der Waals surface area (Å²) in [4.78, 5) is 46.9. The van der Waals surface area contributed by atoms with Gasteiger partial charge < -0.3 is 10.2 Å². The number of hydrogen-bond acceptors (Lipinski definition) is 6. The lowest BCUT2D eigenvalue weighted by Crippen LogP contribution is -2.41. The van der Waals surface area contributed by atoms with E-state index in [9.17, 15) is 36.3 Å². The van der Waals surface area contributed by atoms with Crippen molar-refractivity contribution in [3.63, 3.8) is 0 Å². The number of amides is 2. The molecule has 3 aromatic rings. The minimum atomic E-state index is -5.19. The van der Waals surface area contributed by atoms with Crippen LogP contribution in [0.1, 0.15) is 28.5 Å². The van der Waals surface area contributed by atoms with Crippen LogP contribution in [0.2, 0.25) is 0 Å². The minimum Gasteiger partial charge on any atom is -0.314 e. The summed E-state index contributed by atoms with van der Waals surface area (Å²) in [7, 11) is 1.51. The van der Waals surface area contributed by atoms with Crippen LogP contribution in [0.15, 0.2) is 29.8 Å². The Labute approximate surface area is 198 Å². The Morgan fingerprint density at radius 2 is 1.86 bits per heavy atom. The highest BCUT2D eigenvalue weighted by molar-refractivity contribution is 7.14. The van der Waals surface area contributed by atoms with Gasteiger partial charge in [-0.15, -0.1) is 11.3 Å². The molecule has 4 rings (SSSR count). The monoisotopic (exact) mass is 510 g/mol. The van der Waals surface area contributed by atoms with Gasteiger partial charge in [0.15, 0.2) is 10.9 Å². The summed E-state index contributed by atoms with van der Waals surface area (Å²) < 4.78 is 66.1. The maximum atomic E-state index is 13.9. The molecule has 182 valence electrons. The van der Waals surface area contributed by atoms with Crippen molar-refractivity contribution in [3.05, 3.63) is 58.2 Å². The van der Waals surface area contributed by atoms with Crippen molar-refractivity contribution >= 4 is 39.8 Å². The van der Waals surface area contributed by atoms with Gasteiger partial charge in [-0.05, 0) is 25.1 Å². The molecule has 2 amide bonds. The van der Waals surface area contributed by atoms with Gasteiger partial charge in [0, 0.05) is 24.2 Å². The highest BCUT2D eigenvalue weighted by Crippen LogP contribution is 2.36. The van der Waals surface area contributed by atoms with Gasteiger partial charge in [0.05, 0.1) is 35.0 Å². The summed E-state index contributed by atoms with van der Waals surface area (Å²) in [6.07, 6.45) is -4.16. The van der Waals surface area contributed by atoms with Gasteiger partial charge in [0.25, 0.3) is 0 Å². The SMILES string of the molecule is CC1C(=O)c2c(ccnc2CC(=O)Nc2nc(-c3cc(F)c(C(F)(F)F)c(F)c3)cs2)N(C)C1=O. The number of nitrogens with one attached hydrogen (secondary N) is 1. The summed E-state index contributed by atoms with van der Waals surface area (Å²) in [6, 6.07) is 2.52. The van der Waals surface area contributed by atoms with E-state index in [0.29, 0.717) is 17.8 Å². The number of carbonyl (C=O) groups excluding carboxylic acids is 3. The van der Waals surface area contributed by atoms with Crippen molar-refractivity contribution in [2.45, 2.75) is 19.5 Å². The van der Waals surface area contributed by atoms with E-state index in [1.54, 1.807) is 0 Å². The molecule has 1 aromatic carbocycles. The van der Waals surface area contributed by atoms with Crippen molar-refractivity contribution in [2.75, 3.05) is 17.3 Å². The van der Waals surface area contributed by atoms with E-state index in [-0.39, 0.29) is 40.0 Å². The van der Waals surface area contributed by atoms with Gasteiger partial charge in [0.2, 0.25) is 11.8 Å². The van der Waals surface area contributed by atoms with Crippen LogP contribution >= 0.6 is 11.3 Å². The Bertz CT molecular complexity index is 1350. The number of aromatic nitrogens is 2. The first-order valence-corrected chi connectivity index (χ1v) is 10.9. The van der Waals surface area contributed by atoms with E-state index >= 15 is 0 Å². The number of benzene rings is 1. The Morgan fingerprint density at radius 3 is 2.49 bits per heavy atom. The van der Waals surface area contributed by atoms with Gasteiger partial charge in [-0.25, -0.2) is 13.8 Å². The van der Waals surface area contributed by atoms with Crippen LogP contribution in [-0.2, 0) is 22.2 Å². The Balaban J connectivity index is 1.54. The number of hydrogen-bond donors (Lipinski definition) is 1. The normalized spacial score (nSPS) is 15.9. The Morgan fingerprint density at radius 1 is 1.20 bits per heavy atom. The first-order chi connectivity index (χ1) is 16.4. The fourth-order valence-electron chi connectivity index (χ4n) is 3.68. The molecule has 35 heavy (non-hydrogen) atoms. The number of pyridine rings is 1. The molecule has 1 aliphatic heterocycles. The zero-order valence-electron chi connectivity index (χ0n) is 18.0. The molecular weight excluding hydrogens is 495 g/mol. The molecule has 0 saturated heterocycles. The van der Waals surface area contributed by atoms with Crippen molar-refractivity contribution in [2.24, 2.45) is 5.92 Å². The predicted octanol–water partition coefficient (Wildman–Crippen LogP) is 4.48. The van der Waals surface area contributed by atoms with Crippen molar-refractivity contribution in [1.29, 1.82) is 0 Å². The summed E-state index contributed by atoms with van der Waals surface area (Å²) in [5.74, 6) is -5.94. The van der Waals surface area contributed by atoms with Gasteiger partial charge in [-0.2, -0.15) is 13.2 Å². The number of rotatable bonds is 4. The summed E-state index contributed by atoms with van der Waals surface area (Å²) in [5.41, 5.74) is -1.64. The maximum Gasteiger partial charge on any atom is 0.422 e. The molecule has 0 radical (unpaired) electrons. The van der Waals surface area contributed by atoms with Crippen LogP contribution in [-0.4, -0.2) is 34.6 Å². The third kappa shape index (κ3) is 4.50. The highest BCUT2D eigenvalue weighted by atomic mass is 32.1. The number of nitrogens with zero attached hydrogens (tertiary/aromatic N) is 3. The van der Waals surface area contributed by atoms with E-state index < -0.39 is 41.0 Å². The first kappa shape index (κ1) is 24.4. The molecule has 7 nitrogen and oxygen atoms in total. The Hall–Kier alpha value is -3.74. The van der Waals surface area contributed by atoms with E-state index in [1.165, 1.54) is 36.5 Å². The standard InChI is InChI=1S/C22H15F5N4O3S/c1-9-19(33)17-13(28-4-3-15(17)31(2)20(9)34)7-16(32)30-21-29-14(8-35-21)10-5-11(23)18(12(24)6-10)22(25,26)27/h3-6,8-9H,7H2,1-2H3,(H,29,30,32). The topological polar surface area (TPSA) is 92.3 Å². The number of carbonyl (C=O) groups is 3. The number of Topliss-reactive ketones (excluding diaryl/α,β-unsaturated/α-hetero) is 1. The molecule has 0 spiro atoms. The van der Waals surface area contributed by atoms with Gasteiger partial charge in [-0.1, -0.05) is 0 Å². The number of thiazole rings is 1. The summed E-state index contributed by atoms with van der Waals surface area (Å²) in [5, 5.41) is 3.79. The van der Waals surface area contributed by atoms with Crippen LogP contribution in [0.3, 0.4) is 0 Å². The van der Waals surface area contributed by atoms with Crippen LogP contribution in [0.25, 0.3) is 11.3 Å². The van der Waals surface area contributed by atoms with Crippen LogP contribution in [0.4, 0.5) is 32.8 Å². The smallest absolute Gasteiger partial charge is 0.314 e. The molecule has 1 atom stereocenters. The largest absolute Gasteiger partial charge is 0.422 e. The average molecular weight is 510 g/mol. The van der Waals surface area contributed by atoms with Gasteiger partial charge in [0.1, 0.15) is 17.2 Å². The van der Waals surface area contributed by atoms with Gasteiger partial charge in [-0.3, -0.25) is 19.4 Å². The number of anilines is 2. The minimum absolute atomic E-state index is 0.0162. The zero-order valence-corrected chi connectivity index (χ0v) is 18.9. The fraction of sp³-hybridized carbons (Fsp3) is 0.227. The lowest BCUT2D eigenvalue weighted by atomic mass is 9.90. The van der Waals surface area contributed by atoms with Crippen molar-refractivity contribution in [3.8, 4) is 11.3 Å². The molecule has 0 bridgehead atoms. The molecule has 0 fully saturated rings. The third-order valence-corrected chi connectivity index (χ3v) is 6.17. The lowest BCUT2D eigenvalue weighted by molar-refractivity contribution is -0.142. The van der Waals surface area contributed by atoms with Crippen LogP contribution in [0.5, 0.6) is 0 Å². The molecule has 0 aliphatic carbocycles. The second kappa shape index (κ2) is 8.80. The summed E-state index contributed by atoms with van der Waals surface area (Å²) in [6.45, 7) is 1.46. The van der Waals surface area contributed by atoms with Crippen LogP contribution in [0, 0.1) is 17.6 Å². The molecule has 0 saturated carbocycles. The van der Waals surface area contributed by atoms with E-state index in [4.69, 9.17) is 0 Å². The molecule has 1 aliphatic rings. The first-order valence-electron chi connectivity index (χ1n) is 10.00. The van der Waals surface area contributed by atoms with E-state index in [1.807, 2.05) is 0 Å². The molecule has 1 unspecified atom stereocenters. The third-order valence-electron chi connectivity index (χ3n) is 5.41. The van der Waals surface area contributed by atoms with Crippen molar-refractivity contribution in [1.82, 2.24) is 9.97 Å². The number of alkyl halides is 3. The lowest BCUT2D eigenvalue weighted by Gasteiger charge is -2.29. The highest BCUT2D eigenvalue weighted by Gasteiger charge is 2.38. The quantitative estimate of drug-likeness (QED) is 0.413. The van der Waals surface area contributed by atoms with E-state index in [2.05, 4.69) is 15.3 Å². The predicted molar refractivity (Wildman–Crippen MR) is 116 cm³/mol.